The summed E-state index contributed by atoms with van der Waals surface area (Å²) >= 11 is 0. The van der Waals surface area contributed by atoms with E-state index in [1.165, 1.54) is 19.1 Å². The average Bonchev–Trinajstić information content (AvgIpc) is 2.43. The van der Waals surface area contributed by atoms with Crippen molar-refractivity contribution in [2.45, 2.75) is 19.5 Å². The van der Waals surface area contributed by atoms with Crippen LogP contribution in [0.1, 0.15) is 23.7 Å². The van der Waals surface area contributed by atoms with Crippen LogP contribution < -0.4 is 5.32 Å². The van der Waals surface area contributed by atoms with Crippen LogP contribution in [0.15, 0.2) is 24.3 Å². The molecule has 23 heavy (non-hydrogen) atoms. The molecule has 0 aliphatic carbocycles. The first-order valence-corrected chi connectivity index (χ1v) is 7.02. The molecule has 0 saturated heterocycles. The van der Waals surface area contributed by atoms with E-state index in [-0.39, 0.29) is 31.0 Å². The van der Waals surface area contributed by atoms with Crippen molar-refractivity contribution in [3.05, 3.63) is 29.8 Å². The third kappa shape index (κ3) is 7.25. The van der Waals surface area contributed by atoms with Crippen LogP contribution in [0.3, 0.4) is 0 Å². The Morgan fingerprint density at radius 2 is 1.91 bits per heavy atom. The highest BCUT2D eigenvalue weighted by atomic mass is 19.4. The standard InChI is InChI=1S/C15H19F3N2O3/c1-11(22)12-5-2-3-6-13(12)19-14(23)9-20(7-4-8-21)10-15(16,17)18/h2-3,5-6,21H,4,7-10H2,1H3,(H,19,23). The van der Waals surface area contributed by atoms with Crippen LogP contribution in [0.2, 0.25) is 0 Å². The maximum absolute atomic E-state index is 12.5. The fourth-order valence-electron chi connectivity index (χ4n) is 2.05. The highest BCUT2D eigenvalue weighted by molar-refractivity contribution is 6.04. The van der Waals surface area contributed by atoms with Crippen molar-refractivity contribution in [3.8, 4) is 0 Å². The third-order valence-corrected chi connectivity index (χ3v) is 2.98. The number of aliphatic hydroxyl groups is 1. The quantitative estimate of drug-likeness (QED) is 0.715. The molecule has 1 rings (SSSR count). The molecule has 0 saturated carbocycles. The van der Waals surface area contributed by atoms with Crippen LogP contribution in [0.4, 0.5) is 18.9 Å². The van der Waals surface area contributed by atoms with E-state index in [0.29, 0.717) is 5.56 Å². The van der Waals surface area contributed by atoms with Crippen molar-refractivity contribution in [2.75, 3.05) is 31.6 Å². The zero-order valence-corrected chi connectivity index (χ0v) is 12.7. The molecular weight excluding hydrogens is 313 g/mol. The van der Waals surface area contributed by atoms with Gasteiger partial charge in [0, 0.05) is 18.7 Å². The molecule has 2 N–H and O–H groups in total. The average molecular weight is 332 g/mol. The minimum Gasteiger partial charge on any atom is -0.396 e. The van der Waals surface area contributed by atoms with Gasteiger partial charge in [0.15, 0.2) is 5.78 Å². The van der Waals surface area contributed by atoms with Crippen molar-refractivity contribution in [1.29, 1.82) is 0 Å². The van der Waals surface area contributed by atoms with E-state index in [9.17, 15) is 22.8 Å². The van der Waals surface area contributed by atoms with Crippen molar-refractivity contribution in [2.24, 2.45) is 0 Å². The fourth-order valence-corrected chi connectivity index (χ4v) is 2.05. The number of nitrogens with zero attached hydrogens (tertiary/aromatic N) is 1. The number of halogens is 3. The zero-order valence-electron chi connectivity index (χ0n) is 12.7. The lowest BCUT2D eigenvalue weighted by atomic mass is 10.1. The summed E-state index contributed by atoms with van der Waals surface area (Å²) < 4.78 is 37.5. The molecule has 128 valence electrons. The van der Waals surface area contributed by atoms with Gasteiger partial charge in [-0.15, -0.1) is 0 Å². The summed E-state index contributed by atoms with van der Waals surface area (Å²) in [6, 6.07) is 6.28. The molecule has 0 unspecified atom stereocenters. The highest BCUT2D eigenvalue weighted by Crippen LogP contribution is 2.18. The minimum atomic E-state index is -4.44. The number of anilines is 1. The molecule has 5 nitrogen and oxygen atoms in total. The number of hydrogen-bond acceptors (Lipinski definition) is 4. The van der Waals surface area contributed by atoms with Crippen LogP contribution in [0.25, 0.3) is 0 Å². The molecule has 0 aliphatic rings. The molecule has 1 aromatic rings. The van der Waals surface area contributed by atoms with Crippen molar-refractivity contribution in [3.63, 3.8) is 0 Å². The van der Waals surface area contributed by atoms with E-state index in [1.54, 1.807) is 12.1 Å². The Labute approximate surface area is 132 Å². The van der Waals surface area contributed by atoms with Gasteiger partial charge in [-0.2, -0.15) is 13.2 Å². The van der Waals surface area contributed by atoms with Gasteiger partial charge in [-0.3, -0.25) is 14.5 Å². The number of amides is 1. The number of carbonyl (C=O) groups is 2. The number of rotatable bonds is 8. The molecule has 0 heterocycles. The Bertz CT molecular complexity index is 547. The Balaban J connectivity index is 2.73. The SMILES string of the molecule is CC(=O)c1ccccc1NC(=O)CN(CCCO)CC(F)(F)F. The van der Waals surface area contributed by atoms with E-state index in [2.05, 4.69) is 5.32 Å². The molecule has 0 fully saturated rings. The lowest BCUT2D eigenvalue weighted by Crippen LogP contribution is -2.40. The predicted molar refractivity (Wildman–Crippen MR) is 79.3 cm³/mol. The topological polar surface area (TPSA) is 69.6 Å². The lowest BCUT2D eigenvalue weighted by Gasteiger charge is -2.22. The zero-order chi connectivity index (χ0) is 17.5. The summed E-state index contributed by atoms with van der Waals surface area (Å²) in [5.74, 6) is -0.908. The van der Waals surface area contributed by atoms with Crippen molar-refractivity contribution >= 4 is 17.4 Å². The van der Waals surface area contributed by atoms with Gasteiger partial charge < -0.3 is 10.4 Å². The Kier molecular flexibility index (Phi) is 7.18. The van der Waals surface area contributed by atoms with Crippen LogP contribution >= 0.6 is 0 Å². The van der Waals surface area contributed by atoms with Crippen molar-refractivity contribution < 1.29 is 27.9 Å². The van der Waals surface area contributed by atoms with Gasteiger partial charge in [-0.05, 0) is 25.5 Å². The predicted octanol–water partition coefficient (Wildman–Crippen LogP) is 2.07. The van der Waals surface area contributed by atoms with Gasteiger partial charge in [0.2, 0.25) is 5.91 Å². The summed E-state index contributed by atoms with van der Waals surface area (Å²) in [5.41, 5.74) is 0.553. The van der Waals surface area contributed by atoms with Gasteiger partial charge in [-0.25, -0.2) is 0 Å². The molecule has 0 aromatic heterocycles. The van der Waals surface area contributed by atoms with E-state index >= 15 is 0 Å². The van der Waals surface area contributed by atoms with E-state index < -0.39 is 25.2 Å². The number of carbonyl (C=O) groups excluding carboxylic acids is 2. The largest absolute Gasteiger partial charge is 0.401 e. The van der Waals surface area contributed by atoms with Crippen LogP contribution in [0, 0.1) is 0 Å². The van der Waals surface area contributed by atoms with Crippen LogP contribution in [-0.4, -0.2) is 54.1 Å². The van der Waals surface area contributed by atoms with Crippen molar-refractivity contribution in [1.82, 2.24) is 4.90 Å². The first-order chi connectivity index (χ1) is 10.7. The Morgan fingerprint density at radius 3 is 2.48 bits per heavy atom. The summed E-state index contributed by atoms with van der Waals surface area (Å²) in [4.78, 5) is 24.3. The number of nitrogens with one attached hydrogen (secondary N) is 1. The summed E-state index contributed by atoms with van der Waals surface area (Å²) in [6.45, 7) is -0.705. The molecule has 0 atom stereocenters. The van der Waals surface area contributed by atoms with Gasteiger partial charge in [0.1, 0.15) is 0 Å². The highest BCUT2D eigenvalue weighted by Gasteiger charge is 2.31. The Morgan fingerprint density at radius 1 is 1.26 bits per heavy atom. The molecule has 0 bridgehead atoms. The number of alkyl halides is 3. The second-order valence-corrected chi connectivity index (χ2v) is 5.05. The second kappa shape index (κ2) is 8.64. The lowest BCUT2D eigenvalue weighted by molar-refractivity contribution is -0.148. The minimum absolute atomic E-state index is 0.0578. The molecule has 0 radical (unpaired) electrons. The molecule has 0 aliphatic heterocycles. The van der Waals surface area contributed by atoms with Crippen LogP contribution in [0.5, 0.6) is 0 Å². The van der Waals surface area contributed by atoms with E-state index in [4.69, 9.17) is 5.11 Å². The smallest absolute Gasteiger partial charge is 0.396 e. The number of aliphatic hydroxyl groups excluding tert-OH is 1. The fraction of sp³-hybridized carbons (Fsp3) is 0.467. The molecule has 1 amide bonds. The Hall–Kier alpha value is -1.93. The maximum atomic E-state index is 12.5. The summed E-state index contributed by atoms with van der Waals surface area (Å²) in [6.07, 6.45) is -4.31. The number of hydrogen-bond donors (Lipinski definition) is 2. The molecule has 0 spiro atoms. The first kappa shape index (κ1) is 19.1. The number of para-hydroxylation sites is 1. The van der Waals surface area contributed by atoms with Gasteiger partial charge in [0.05, 0.1) is 18.8 Å². The first-order valence-electron chi connectivity index (χ1n) is 7.02. The monoisotopic (exact) mass is 332 g/mol. The summed E-state index contributed by atoms with van der Waals surface area (Å²) in [7, 11) is 0. The van der Waals surface area contributed by atoms with Gasteiger partial charge >= 0.3 is 6.18 Å². The third-order valence-electron chi connectivity index (χ3n) is 2.98. The van der Waals surface area contributed by atoms with Gasteiger partial charge in [0.25, 0.3) is 0 Å². The summed E-state index contributed by atoms with van der Waals surface area (Å²) in [5, 5.41) is 11.2. The van der Waals surface area contributed by atoms with Gasteiger partial charge in [-0.1, -0.05) is 12.1 Å². The number of ketones is 1. The number of benzene rings is 1. The molecule has 1 aromatic carbocycles. The van der Waals surface area contributed by atoms with E-state index in [0.717, 1.165) is 4.90 Å². The second-order valence-electron chi connectivity index (χ2n) is 5.05. The number of Topliss-reactive ketones (excluding diaryl/α,β-unsaturated/α-hetero) is 1. The van der Waals surface area contributed by atoms with Crippen LogP contribution in [-0.2, 0) is 4.79 Å². The molecular formula is C15H19F3N2O3. The maximum Gasteiger partial charge on any atom is 0.401 e. The van der Waals surface area contributed by atoms with E-state index in [1.807, 2.05) is 0 Å². The normalized spacial score (nSPS) is 11.6. The molecule has 8 heteroatoms.